The molecule has 1 fully saturated rings. The Morgan fingerprint density at radius 1 is 1.07 bits per heavy atom. The number of aryl methyl sites for hydroxylation is 1. The monoisotopic (exact) mass is 418 g/mol. The van der Waals surface area contributed by atoms with Gasteiger partial charge in [-0.25, -0.2) is 8.42 Å². The quantitative estimate of drug-likeness (QED) is 0.673. The van der Waals surface area contributed by atoms with Crippen molar-refractivity contribution < 1.29 is 13.2 Å². The Hall–Kier alpha value is -1.99. The lowest BCUT2D eigenvalue weighted by Gasteiger charge is -2.23. The molecule has 1 saturated carbocycles. The molecule has 0 aliphatic heterocycles. The highest BCUT2D eigenvalue weighted by Gasteiger charge is 2.21. The number of thioether (sulfide) groups is 1. The topological polar surface area (TPSA) is 75.3 Å². The number of benzene rings is 2. The summed E-state index contributed by atoms with van der Waals surface area (Å²) in [7, 11) is -3.80. The van der Waals surface area contributed by atoms with Gasteiger partial charge in [-0.1, -0.05) is 37.5 Å². The van der Waals surface area contributed by atoms with Crippen molar-refractivity contribution in [1.29, 1.82) is 0 Å². The lowest BCUT2D eigenvalue weighted by molar-refractivity contribution is 0.0927. The van der Waals surface area contributed by atoms with E-state index in [1.165, 1.54) is 30.3 Å². The summed E-state index contributed by atoms with van der Waals surface area (Å²) in [6.45, 7) is 1.82. The van der Waals surface area contributed by atoms with Crippen LogP contribution < -0.4 is 10.0 Å². The average molecular weight is 419 g/mol. The lowest BCUT2D eigenvalue weighted by Crippen LogP contribution is -2.36. The van der Waals surface area contributed by atoms with E-state index in [-0.39, 0.29) is 16.8 Å². The van der Waals surface area contributed by atoms with Crippen LogP contribution in [-0.4, -0.2) is 26.6 Å². The minimum atomic E-state index is -3.80. The van der Waals surface area contributed by atoms with E-state index in [4.69, 9.17) is 0 Å². The second-order valence-corrected chi connectivity index (χ2v) is 9.62. The summed E-state index contributed by atoms with van der Waals surface area (Å²) in [5, 5.41) is 3.07. The number of hydrogen-bond donors (Lipinski definition) is 2. The maximum atomic E-state index is 12.9. The first-order valence-electron chi connectivity index (χ1n) is 9.48. The van der Waals surface area contributed by atoms with E-state index in [1.54, 1.807) is 18.2 Å². The number of anilines is 1. The Labute approximate surface area is 171 Å². The Morgan fingerprint density at radius 2 is 1.79 bits per heavy atom. The highest BCUT2D eigenvalue weighted by atomic mass is 32.2. The summed E-state index contributed by atoms with van der Waals surface area (Å²) in [5.74, 6) is -0.203. The van der Waals surface area contributed by atoms with Crippen LogP contribution in [0.1, 0.15) is 48.0 Å². The van der Waals surface area contributed by atoms with Gasteiger partial charge in [0.1, 0.15) is 0 Å². The van der Waals surface area contributed by atoms with Gasteiger partial charge in [0.25, 0.3) is 15.9 Å². The Bertz CT molecular complexity index is 952. The van der Waals surface area contributed by atoms with Gasteiger partial charge in [0.15, 0.2) is 0 Å². The van der Waals surface area contributed by atoms with Crippen LogP contribution in [0.25, 0.3) is 0 Å². The summed E-state index contributed by atoms with van der Waals surface area (Å²) in [6.07, 6.45) is 7.31. The Balaban J connectivity index is 1.84. The first-order valence-corrected chi connectivity index (χ1v) is 12.2. The number of sulfonamides is 1. The first-order chi connectivity index (χ1) is 13.4. The molecule has 0 aromatic heterocycles. The average Bonchev–Trinajstić information content (AvgIpc) is 2.69. The molecule has 0 spiro atoms. The van der Waals surface area contributed by atoms with Crippen LogP contribution in [0.15, 0.2) is 52.3 Å². The van der Waals surface area contributed by atoms with Gasteiger partial charge in [-0.15, -0.1) is 11.8 Å². The van der Waals surface area contributed by atoms with Crippen LogP contribution in [0.2, 0.25) is 0 Å². The van der Waals surface area contributed by atoms with Crippen molar-refractivity contribution in [3.63, 3.8) is 0 Å². The zero-order chi connectivity index (χ0) is 20.1. The number of amides is 1. The van der Waals surface area contributed by atoms with Crippen LogP contribution in [-0.2, 0) is 10.0 Å². The van der Waals surface area contributed by atoms with Gasteiger partial charge in [-0.3, -0.25) is 9.52 Å². The molecule has 5 nitrogen and oxygen atoms in total. The van der Waals surface area contributed by atoms with Gasteiger partial charge in [-0.05, 0) is 55.9 Å². The molecular weight excluding hydrogens is 392 g/mol. The molecule has 0 bridgehead atoms. The third kappa shape index (κ3) is 4.89. The number of nitrogens with one attached hydrogen (secondary N) is 2. The fourth-order valence-corrected chi connectivity index (χ4v) is 5.18. The zero-order valence-corrected chi connectivity index (χ0v) is 17.8. The third-order valence-corrected chi connectivity index (χ3v) is 7.21. The van der Waals surface area contributed by atoms with Crippen LogP contribution in [0.4, 0.5) is 5.69 Å². The number of hydrogen-bond acceptors (Lipinski definition) is 4. The maximum Gasteiger partial charge on any atom is 0.261 e. The van der Waals surface area contributed by atoms with Gasteiger partial charge in [0, 0.05) is 16.5 Å². The van der Waals surface area contributed by atoms with E-state index in [1.807, 2.05) is 25.3 Å². The molecule has 0 unspecified atom stereocenters. The fourth-order valence-electron chi connectivity index (χ4n) is 3.46. The molecule has 3 rings (SSSR count). The summed E-state index contributed by atoms with van der Waals surface area (Å²) in [6, 6.07) is 12.1. The van der Waals surface area contributed by atoms with E-state index < -0.39 is 10.0 Å². The normalized spacial score (nSPS) is 15.2. The van der Waals surface area contributed by atoms with Crippen molar-refractivity contribution in [3.8, 4) is 0 Å². The highest BCUT2D eigenvalue weighted by Crippen LogP contribution is 2.27. The number of rotatable bonds is 6. The maximum absolute atomic E-state index is 12.9. The van der Waals surface area contributed by atoms with Gasteiger partial charge >= 0.3 is 0 Å². The molecule has 2 N–H and O–H groups in total. The molecule has 150 valence electrons. The molecule has 2 aromatic carbocycles. The predicted molar refractivity (Wildman–Crippen MR) is 115 cm³/mol. The number of para-hydroxylation sites is 1. The van der Waals surface area contributed by atoms with Crippen LogP contribution in [0.5, 0.6) is 0 Å². The smallest absolute Gasteiger partial charge is 0.261 e. The summed E-state index contributed by atoms with van der Waals surface area (Å²) in [5.41, 5.74) is 1.70. The van der Waals surface area contributed by atoms with E-state index in [0.717, 1.165) is 36.1 Å². The second-order valence-electron chi connectivity index (χ2n) is 7.09. The molecule has 2 aromatic rings. The molecule has 28 heavy (non-hydrogen) atoms. The van der Waals surface area contributed by atoms with E-state index >= 15 is 0 Å². The number of carbonyl (C=O) groups excluding carboxylic acids is 1. The SMILES string of the molecule is CSc1ccccc1NS(=O)(=O)c1ccc(C)c(C(=O)NC2CCCCC2)c1. The standard InChI is InChI=1S/C21H26N2O3S2/c1-15-12-13-17(14-18(15)21(24)22-16-8-4-3-5-9-16)28(25,26)23-19-10-6-7-11-20(19)27-2/h6-7,10-14,16,23H,3-5,8-9H2,1-2H3,(H,22,24). The second kappa shape index (κ2) is 9.01. The first kappa shape index (κ1) is 20.7. The van der Waals surface area contributed by atoms with Gasteiger partial charge in [-0.2, -0.15) is 0 Å². The molecule has 0 atom stereocenters. The Kier molecular flexibility index (Phi) is 6.67. The molecule has 0 saturated heterocycles. The minimum Gasteiger partial charge on any atom is -0.349 e. The van der Waals surface area contributed by atoms with E-state index in [9.17, 15) is 13.2 Å². The van der Waals surface area contributed by atoms with Gasteiger partial charge in [0.05, 0.1) is 10.6 Å². The largest absolute Gasteiger partial charge is 0.349 e. The van der Waals surface area contributed by atoms with E-state index in [0.29, 0.717) is 11.3 Å². The minimum absolute atomic E-state index is 0.0859. The van der Waals surface area contributed by atoms with Gasteiger partial charge in [0.2, 0.25) is 0 Å². The molecule has 0 radical (unpaired) electrons. The van der Waals surface area contributed by atoms with Crippen LogP contribution in [0.3, 0.4) is 0 Å². The molecule has 1 aliphatic rings. The Morgan fingerprint density at radius 3 is 2.50 bits per heavy atom. The molecule has 7 heteroatoms. The third-order valence-electron chi connectivity index (χ3n) is 5.06. The number of carbonyl (C=O) groups is 1. The van der Waals surface area contributed by atoms with Gasteiger partial charge < -0.3 is 5.32 Å². The lowest BCUT2D eigenvalue weighted by atomic mass is 9.95. The van der Waals surface area contributed by atoms with Crippen molar-refractivity contribution in [1.82, 2.24) is 5.32 Å². The van der Waals surface area contributed by atoms with E-state index in [2.05, 4.69) is 10.0 Å². The molecule has 1 aliphatic carbocycles. The van der Waals surface area contributed by atoms with Crippen molar-refractivity contribution >= 4 is 33.4 Å². The summed E-state index contributed by atoms with van der Waals surface area (Å²) >= 11 is 1.47. The molecular formula is C21H26N2O3S2. The molecule has 1 amide bonds. The van der Waals surface area contributed by atoms with Crippen LogP contribution in [0, 0.1) is 6.92 Å². The highest BCUT2D eigenvalue weighted by molar-refractivity contribution is 7.99. The predicted octanol–water partition coefficient (Wildman–Crippen LogP) is 4.58. The van der Waals surface area contributed by atoms with Crippen molar-refractivity contribution in [3.05, 3.63) is 53.6 Å². The van der Waals surface area contributed by atoms with Crippen LogP contribution >= 0.6 is 11.8 Å². The van der Waals surface area contributed by atoms with Crippen molar-refractivity contribution in [2.45, 2.75) is 54.9 Å². The van der Waals surface area contributed by atoms with Crippen molar-refractivity contribution in [2.24, 2.45) is 0 Å². The fraction of sp³-hybridized carbons (Fsp3) is 0.381. The summed E-state index contributed by atoms with van der Waals surface area (Å²) in [4.78, 5) is 13.7. The summed E-state index contributed by atoms with van der Waals surface area (Å²) < 4.78 is 28.4. The molecule has 0 heterocycles. The van der Waals surface area contributed by atoms with Crippen molar-refractivity contribution in [2.75, 3.05) is 11.0 Å². The zero-order valence-electron chi connectivity index (χ0n) is 16.2.